The van der Waals surface area contributed by atoms with Crippen LogP contribution in [0.15, 0.2) is 36.9 Å². The molecule has 0 unspecified atom stereocenters. The van der Waals surface area contributed by atoms with Crippen LogP contribution in [0.1, 0.15) is 30.3 Å². The fourth-order valence-electron chi connectivity index (χ4n) is 3.48. The van der Waals surface area contributed by atoms with E-state index in [9.17, 15) is 0 Å². The second-order valence-corrected chi connectivity index (χ2v) is 6.55. The monoisotopic (exact) mass is 322 g/mol. The lowest BCUT2D eigenvalue weighted by molar-refractivity contribution is 0.680. The quantitative estimate of drug-likeness (QED) is 0.742. The van der Waals surface area contributed by atoms with Crippen LogP contribution in [0.4, 0.5) is 11.6 Å². The fourth-order valence-corrected chi connectivity index (χ4v) is 3.48. The molecule has 0 bridgehead atoms. The maximum Gasteiger partial charge on any atom is 0.152 e. The minimum absolute atomic E-state index is 0.254. The molecule has 1 aliphatic rings. The molecule has 3 aromatic heterocycles. The van der Waals surface area contributed by atoms with Gasteiger partial charge in [0.15, 0.2) is 5.82 Å². The van der Waals surface area contributed by atoms with Gasteiger partial charge < -0.3 is 14.2 Å². The van der Waals surface area contributed by atoms with E-state index in [0.29, 0.717) is 0 Å². The molecule has 1 aliphatic heterocycles. The highest BCUT2D eigenvalue weighted by atomic mass is 15.3. The molecule has 6 heteroatoms. The Hall–Kier alpha value is -2.63. The molecular formula is C18H22N6. The Balaban J connectivity index is 1.78. The Labute approximate surface area is 141 Å². The summed E-state index contributed by atoms with van der Waals surface area (Å²) in [6, 6.07) is 6.48. The summed E-state index contributed by atoms with van der Waals surface area (Å²) >= 11 is 0. The van der Waals surface area contributed by atoms with Gasteiger partial charge in [-0.25, -0.2) is 15.0 Å². The maximum absolute atomic E-state index is 4.97. The third-order valence-electron chi connectivity index (χ3n) is 4.62. The molecule has 3 aromatic rings. The average molecular weight is 322 g/mol. The van der Waals surface area contributed by atoms with Crippen molar-refractivity contribution in [2.24, 2.45) is 0 Å². The van der Waals surface area contributed by atoms with Crippen LogP contribution in [0.25, 0.3) is 5.52 Å². The maximum atomic E-state index is 4.97. The molecule has 0 amide bonds. The van der Waals surface area contributed by atoms with Gasteiger partial charge in [0.25, 0.3) is 0 Å². The number of aryl methyl sites for hydroxylation is 1. The molecule has 0 spiro atoms. The van der Waals surface area contributed by atoms with Crippen LogP contribution in [0, 0.1) is 6.92 Å². The molecule has 0 saturated carbocycles. The molecule has 24 heavy (non-hydrogen) atoms. The number of rotatable bonds is 3. The number of hydrogen-bond acceptors (Lipinski definition) is 5. The molecule has 0 aliphatic carbocycles. The molecule has 4 rings (SSSR count). The highest BCUT2D eigenvalue weighted by molar-refractivity contribution is 5.69. The molecule has 1 saturated heterocycles. The lowest BCUT2D eigenvalue weighted by Gasteiger charge is -2.26. The van der Waals surface area contributed by atoms with E-state index in [1.807, 2.05) is 21.0 Å². The summed E-state index contributed by atoms with van der Waals surface area (Å²) in [6.45, 7) is 3.01. The minimum atomic E-state index is 0.254. The second-order valence-electron chi connectivity index (χ2n) is 6.55. The van der Waals surface area contributed by atoms with E-state index in [-0.39, 0.29) is 6.04 Å². The van der Waals surface area contributed by atoms with Crippen molar-refractivity contribution in [1.29, 1.82) is 0 Å². The lowest BCUT2D eigenvalue weighted by Crippen LogP contribution is -2.25. The molecule has 124 valence electrons. The largest absolute Gasteiger partial charge is 0.361 e. The SMILES string of the molecule is Cc1cc(N2CCC[C@H]2c2cn3cccc3c(N(C)C)n2)ncn1. The summed E-state index contributed by atoms with van der Waals surface area (Å²) in [5, 5.41) is 0. The van der Waals surface area contributed by atoms with Gasteiger partial charge in [-0.2, -0.15) is 0 Å². The Bertz CT molecular complexity index is 869. The van der Waals surface area contributed by atoms with Crippen molar-refractivity contribution in [3.8, 4) is 0 Å². The minimum Gasteiger partial charge on any atom is -0.361 e. The first-order valence-electron chi connectivity index (χ1n) is 8.34. The van der Waals surface area contributed by atoms with Crippen LogP contribution < -0.4 is 9.80 Å². The number of nitrogens with zero attached hydrogens (tertiary/aromatic N) is 6. The molecular weight excluding hydrogens is 300 g/mol. The van der Waals surface area contributed by atoms with Crippen molar-refractivity contribution in [3.63, 3.8) is 0 Å². The van der Waals surface area contributed by atoms with Gasteiger partial charge in [-0.1, -0.05) is 0 Å². The number of fused-ring (bicyclic) bond motifs is 1. The first kappa shape index (κ1) is 14.9. The van der Waals surface area contributed by atoms with Gasteiger partial charge in [0.1, 0.15) is 12.1 Å². The zero-order valence-electron chi connectivity index (χ0n) is 14.3. The van der Waals surface area contributed by atoms with Crippen molar-refractivity contribution in [1.82, 2.24) is 19.4 Å². The predicted molar refractivity (Wildman–Crippen MR) is 95.6 cm³/mol. The number of hydrogen-bond donors (Lipinski definition) is 0. The highest BCUT2D eigenvalue weighted by Gasteiger charge is 2.29. The van der Waals surface area contributed by atoms with E-state index in [4.69, 9.17) is 4.98 Å². The molecule has 1 atom stereocenters. The summed E-state index contributed by atoms with van der Waals surface area (Å²) in [5.74, 6) is 1.99. The molecule has 0 N–H and O–H groups in total. The second kappa shape index (κ2) is 5.78. The summed E-state index contributed by atoms with van der Waals surface area (Å²) in [5.41, 5.74) is 3.22. The van der Waals surface area contributed by atoms with Crippen LogP contribution in [-0.2, 0) is 0 Å². The van der Waals surface area contributed by atoms with Crippen LogP contribution >= 0.6 is 0 Å². The Morgan fingerprint density at radius 1 is 1.25 bits per heavy atom. The van der Waals surface area contributed by atoms with Gasteiger partial charge in [0.05, 0.1) is 17.3 Å². The molecule has 6 nitrogen and oxygen atoms in total. The topological polar surface area (TPSA) is 49.6 Å². The van der Waals surface area contributed by atoms with E-state index in [0.717, 1.165) is 47.9 Å². The van der Waals surface area contributed by atoms with Gasteiger partial charge in [0.2, 0.25) is 0 Å². The van der Waals surface area contributed by atoms with E-state index in [1.54, 1.807) is 6.33 Å². The Morgan fingerprint density at radius 2 is 2.12 bits per heavy atom. The van der Waals surface area contributed by atoms with Gasteiger partial charge in [-0.15, -0.1) is 0 Å². The molecule has 0 aromatic carbocycles. The Kier molecular flexibility index (Phi) is 3.59. The van der Waals surface area contributed by atoms with Crippen molar-refractivity contribution >= 4 is 17.2 Å². The first-order chi connectivity index (χ1) is 11.6. The van der Waals surface area contributed by atoms with Crippen LogP contribution in [0.3, 0.4) is 0 Å². The summed E-state index contributed by atoms with van der Waals surface area (Å²) in [4.78, 5) is 18.1. The van der Waals surface area contributed by atoms with E-state index in [2.05, 4.69) is 54.8 Å². The number of anilines is 2. The van der Waals surface area contributed by atoms with Gasteiger partial charge in [-0.05, 0) is 31.9 Å². The zero-order valence-corrected chi connectivity index (χ0v) is 14.3. The smallest absolute Gasteiger partial charge is 0.152 e. The highest BCUT2D eigenvalue weighted by Crippen LogP contribution is 2.35. The van der Waals surface area contributed by atoms with Crippen LogP contribution in [0.2, 0.25) is 0 Å². The van der Waals surface area contributed by atoms with E-state index in [1.165, 1.54) is 0 Å². The normalized spacial score (nSPS) is 17.6. The van der Waals surface area contributed by atoms with Crippen molar-refractivity contribution in [3.05, 3.63) is 48.3 Å². The first-order valence-corrected chi connectivity index (χ1v) is 8.34. The molecule has 0 radical (unpaired) electrons. The molecule has 4 heterocycles. The van der Waals surface area contributed by atoms with Gasteiger partial charge in [0, 0.05) is 44.8 Å². The van der Waals surface area contributed by atoms with E-state index < -0.39 is 0 Å². The Morgan fingerprint density at radius 3 is 2.92 bits per heavy atom. The third kappa shape index (κ3) is 2.48. The van der Waals surface area contributed by atoms with Crippen LogP contribution in [0.5, 0.6) is 0 Å². The summed E-state index contributed by atoms with van der Waals surface area (Å²) in [6.07, 6.45) is 8.13. The van der Waals surface area contributed by atoms with Crippen molar-refractivity contribution in [2.75, 3.05) is 30.4 Å². The predicted octanol–water partition coefficient (Wildman–Crippen LogP) is 2.84. The van der Waals surface area contributed by atoms with Gasteiger partial charge >= 0.3 is 0 Å². The summed E-state index contributed by atoms with van der Waals surface area (Å²) < 4.78 is 2.17. The lowest BCUT2D eigenvalue weighted by atomic mass is 10.1. The van der Waals surface area contributed by atoms with Crippen molar-refractivity contribution in [2.45, 2.75) is 25.8 Å². The van der Waals surface area contributed by atoms with Crippen LogP contribution in [-0.4, -0.2) is 40.0 Å². The average Bonchev–Trinajstić information content (AvgIpc) is 3.22. The van der Waals surface area contributed by atoms with Crippen molar-refractivity contribution < 1.29 is 0 Å². The zero-order chi connectivity index (χ0) is 16.7. The summed E-state index contributed by atoms with van der Waals surface area (Å²) in [7, 11) is 4.08. The number of aromatic nitrogens is 4. The standard InChI is InChI=1S/C18H22N6/c1-13-10-17(20-12-19-13)24-9-5-6-15(24)14-11-23-8-4-7-16(23)18(21-14)22(2)3/h4,7-8,10-12,15H,5-6,9H2,1-3H3/t15-/m0/s1. The third-order valence-corrected chi connectivity index (χ3v) is 4.62. The van der Waals surface area contributed by atoms with Gasteiger partial charge in [-0.3, -0.25) is 0 Å². The van der Waals surface area contributed by atoms with E-state index >= 15 is 0 Å². The fraction of sp³-hybridized carbons (Fsp3) is 0.389. The molecule has 1 fully saturated rings.